The number of anilines is 1. The number of carbonyl (C=O) groups excluding carboxylic acids is 1. The summed E-state index contributed by atoms with van der Waals surface area (Å²) in [5.74, 6) is 2.16. The lowest BCUT2D eigenvalue weighted by molar-refractivity contribution is 0.102. The summed E-state index contributed by atoms with van der Waals surface area (Å²) in [7, 11) is 0. The van der Waals surface area contributed by atoms with Crippen molar-refractivity contribution in [2.24, 2.45) is 0 Å². The molecule has 0 saturated heterocycles. The molecule has 0 aliphatic heterocycles. The molecule has 8 heteroatoms. The Morgan fingerprint density at radius 1 is 0.938 bits per heavy atom. The normalized spacial score (nSPS) is 10.6. The number of hydrogen-bond acceptors (Lipinski definition) is 6. The van der Waals surface area contributed by atoms with Crippen molar-refractivity contribution >= 4 is 11.6 Å². The molecule has 0 fully saturated rings. The maximum atomic E-state index is 12.4. The van der Waals surface area contributed by atoms with E-state index in [2.05, 4.69) is 20.5 Å². The van der Waals surface area contributed by atoms with Gasteiger partial charge >= 0.3 is 0 Å². The third kappa shape index (κ3) is 4.75. The van der Waals surface area contributed by atoms with E-state index >= 15 is 0 Å². The van der Waals surface area contributed by atoms with Crippen molar-refractivity contribution in [1.82, 2.24) is 19.7 Å². The van der Waals surface area contributed by atoms with Crippen molar-refractivity contribution in [3.8, 4) is 23.2 Å². The first-order valence-corrected chi connectivity index (χ1v) is 10.2. The Morgan fingerprint density at radius 3 is 2.25 bits per heavy atom. The van der Waals surface area contributed by atoms with E-state index in [1.54, 1.807) is 60.9 Å². The van der Waals surface area contributed by atoms with E-state index in [1.807, 2.05) is 31.4 Å². The molecule has 0 unspecified atom stereocenters. The fourth-order valence-corrected chi connectivity index (χ4v) is 3.03. The van der Waals surface area contributed by atoms with E-state index in [1.165, 1.54) is 0 Å². The third-order valence-corrected chi connectivity index (χ3v) is 4.89. The van der Waals surface area contributed by atoms with Crippen LogP contribution >= 0.6 is 0 Å². The summed E-state index contributed by atoms with van der Waals surface area (Å²) in [4.78, 5) is 16.7. The molecule has 0 radical (unpaired) electrons. The highest BCUT2D eigenvalue weighted by Crippen LogP contribution is 2.22. The number of nitrogens with one attached hydrogen (secondary N) is 1. The molecule has 0 saturated carbocycles. The molecule has 1 amide bonds. The van der Waals surface area contributed by atoms with Crippen LogP contribution in [0.15, 0.2) is 67.0 Å². The van der Waals surface area contributed by atoms with Gasteiger partial charge in [-0.15, -0.1) is 10.2 Å². The first kappa shape index (κ1) is 21.0. The summed E-state index contributed by atoms with van der Waals surface area (Å²) >= 11 is 0. The summed E-state index contributed by atoms with van der Waals surface area (Å²) in [5, 5.41) is 11.2. The van der Waals surface area contributed by atoms with Crippen molar-refractivity contribution in [3.63, 3.8) is 0 Å². The molecule has 4 rings (SSSR count). The quantitative estimate of drug-likeness (QED) is 0.457. The van der Waals surface area contributed by atoms with Crippen molar-refractivity contribution in [2.45, 2.75) is 20.8 Å². The maximum Gasteiger partial charge on any atom is 0.255 e. The number of nitrogens with zero attached hydrogens (tertiary/aromatic N) is 4. The van der Waals surface area contributed by atoms with Gasteiger partial charge in [-0.3, -0.25) is 9.36 Å². The Labute approximate surface area is 185 Å². The number of amides is 1. The van der Waals surface area contributed by atoms with E-state index in [4.69, 9.17) is 9.47 Å². The predicted molar refractivity (Wildman–Crippen MR) is 121 cm³/mol. The molecule has 162 valence electrons. The lowest BCUT2D eigenvalue weighted by Gasteiger charge is -2.09. The molecule has 2 aromatic heterocycles. The zero-order valence-electron chi connectivity index (χ0n) is 18.1. The number of carbonyl (C=O) groups is 1. The zero-order valence-corrected chi connectivity index (χ0v) is 18.1. The van der Waals surface area contributed by atoms with Crippen LogP contribution in [0, 0.1) is 13.8 Å². The molecule has 0 aliphatic rings. The molecule has 1 N–H and O–H groups in total. The Kier molecular flexibility index (Phi) is 6.12. The van der Waals surface area contributed by atoms with Crippen molar-refractivity contribution < 1.29 is 14.3 Å². The van der Waals surface area contributed by atoms with Crippen LogP contribution in [0.25, 0.3) is 5.82 Å². The Hall–Kier alpha value is -4.20. The van der Waals surface area contributed by atoms with Crippen LogP contribution in [0.4, 0.5) is 5.69 Å². The lowest BCUT2D eigenvalue weighted by Crippen LogP contribution is -2.11. The number of ether oxygens (including phenoxy) is 2. The minimum Gasteiger partial charge on any atom is -0.494 e. The maximum absolute atomic E-state index is 12.4. The monoisotopic (exact) mass is 429 g/mol. The molecule has 0 spiro atoms. The predicted octanol–water partition coefficient (Wildman–Crippen LogP) is 4.72. The highest BCUT2D eigenvalue weighted by Gasteiger charge is 2.09. The van der Waals surface area contributed by atoms with Crippen LogP contribution in [0.2, 0.25) is 0 Å². The van der Waals surface area contributed by atoms with Crippen LogP contribution in [-0.2, 0) is 0 Å². The third-order valence-electron chi connectivity index (χ3n) is 4.89. The highest BCUT2D eigenvalue weighted by molar-refractivity contribution is 6.04. The molecule has 0 aliphatic carbocycles. The second-order valence-corrected chi connectivity index (χ2v) is 7.05. The average Bonchev–Trinajstić information content (AvgIpc) is 3.14. The summed E-state index contributed by atoms with van der Waals surface area (Å²) in [6, 6.07) is 17.6. The SMILES string of the molecule is CCOc1ccc(C(=O)Nc2ccc(Oc3ccc(-n4cnc(C)c4C)nn3)cc2)cc1. The zero-order chi connectivity index (χ0) is 22.5. The van der Waals surface area contributed by atoms with Crippen LogP contribution in [0.5, 0.6) is 17.4 Å². The highest BCUT2D eigenvalue weighted by atomic mass is 16.5. The Balaban J connectivity index is 1.37. The van der Waals surface area contributed by atoms with Gasteiger partial charge in [0.1, 0.15) is 17.8 Å². The van der Waals surface area contributed by atoms with Crippen molar-refractivity contribution in [3.05, 3.63) is 83.9 Å². The number of aromatic nitrogens is 4. The molecule has 2 heterocycles. The molecule has 4 aromatic rings. The second kappa shape index (κ2) is 9.30. The molecular weight excluding hydrogens is 406 g/mol. The first-order valence-electron chi connectivity index (χ1n) is 10.2. The van der Waals surface area contributed by atoms with E-state index in [0.717, 1.165) is 17.1 Å². The Bertz CT molecular complexity index is 1200. The molecule has 0 bridgehead atoms. The van der Waals surface area contributed by atoms with Gasteiger partial charge in [0.25, 0.3) is 5.91 Å². The van der Waals surface area contributed by atoms with Gasteiger partial charge in [-0.2, -0.15) is 0 Å². The first-order chi connectivity index (χ1) is 15.5. The minimum atomic E-state index is -0.201. The van der Waals surface area contributed by atoms with Gasteiger partial charge in [0.05, 0.1) is 12.3 Å². The topological polar surface area (TPSA) is 91.2 Å². The summed E-state index contributed by atoms with van der Waals surface area (Å²) in [5.41, 5.74) is 3.16. The molecule has 2 aromatic carbocycles. The Morgan fingerprint density at radius 2 is 1.66 bits per heavy atom. The van der Waals surface area contributed by atoms with Crippen LogP contribution in [-0.4, -0.2) is 32.3 Å². The standard InChI is InChI=1S/C24H23N5O3/c1-4-31-20-9-5-18(6-10-20)24(30)26-19-7-11-21(12-8-19)32-23-14-13-22(27-28-23)29-15-25-16(2)17(29)3/h5-15H,4H2,1-3H3,(H,26,30). The molecule has 8 nitrogen and oxygen atoms in total. The molecule has 0 atom stereocenters. The van der Waals surface area contributed by atoms with E-state index in [-0.39, 0.29) is 5.91 Å². The van der Waals surface area contributed by atoms with Gasteiger partial charge in [-0.1, -0.05) is 0 Å². The van der Waals surface area contributed by atoms with E-state index in [9.17, 15) is 4.79 Å². The summed E-state index contributed by atoms with van der Waals surface area (Å²) in [6.07, 6.45) is 1.72. The number of benzene rings is 2. The summed E-state index contributed by atoms with van der Waals surface area (Å²) < 4.78 is 13.0. The minimum absolute atomic E-state index is 0.201. The fourth-order valence-electron chi connectivity index (χ4n) is 3.03. The van der Waals surface area contributed by atoms with Crippen molar-refractivity contribution in [1.29, 1.82) is 0 Å². The number of rotatable bonds is 7. The van der Waals surface area contributed by atoms with Gasteiger partial charge in [0.15, 0.2) is 5.82 Å². The van der Waals surface area contributed by atoms with Gasteiger partial charge in [0.2, 0.25) is 5.88 Å². The van der Waals surface area contributed by atoms with Gasteiger partial charge in [-0.25, -0.2) is 4.98 Å². The van der Waals surface area contributed by atoms with Crippen LogP contribution in [0.1, 0.15) is 28.7 Å². The average molecular weight is 429 g/mol. The summed E-state index contributed by atoms with van der Waals surface area (Å²) in [6.45, 7) is 6.42. The fraction of sp³-hybridized carbons (Fsp3) is 0.167. The van der Waals surface area contributed by atoms with Gasteiger partial charge in [-0.05, 0) is 75.4 Å². The number of hydrogen-bond donors (Lipinski definition) is 1. The van der Waals surface area contributed by atoms with E-state index in [0.29, 0.717) is 35.3 Å². The molecule has 32 heavy (non-hydrogen) atoms. The second-order valence-electron chi connectivity index (χ2n) is 7.05. The number of imidazole rings is 1. The largest absolute Gasteiger partial charge is 0.494 e. The van der Waals surface area contributed by atoms with Gasteiger partial charge in [0, 0.05) is 23.0 Å². The number of aryl methyl sites for hydroxylation is 1. The van der Waals surface area contributed by atoms with Crippen molar-refractivity contribution in [2.75, 3.05) is 11.9 Å². The smallest absolute Gasteiger partial charge is 0.255 e. The molecular formula is C24H23N5O3. The van der Waals surface area contributed by atoms with Crippen LogP contribution < -0.4 is 14.8 Å². The van der Waals surface area contributed by atoms with Crippen LogP contribution in [0.3, 0.4) is 0 Å². The lowest BCUT2D eigenvalue weighted by atomic mass is 10.2. The van der Waals surface area contributed by atoms with E-state index < -0.39 is 0 Å². The van der Waals surface area contributed by atoms with Gasteiger partial charge < -0.3 is 14.8 Å².